The van der Waals surface area contributed by atoms with Crippen molar-refractivity contribution in [1.29, 1.82) is 5.26 Å². The summed E-state index contributed by atoms with van der Waals surface area (Å²) in [4.78, 5) is 2.38. The van der Waals surface area contributed by atoms with Gasteiger partial charge in [-0.25, -0.2) is 0 Å². The van der Waals surface area contributed by atoms with Crippen molar-refractivity contribution in [3.63, 3.8) is 0 Å². The normalized spacial score (nSPS) is 29.9. The molecule has 0 radical (unpaired) electrons. The van der Waals surface area contributed by atoms with Crippen molar-refractivity contribution in [2.45, 2.75) is 45.6 Å². The summed E-state index contributed by atoms with van der Waals surface area (Å²) in [6.45, 7) is 5.27. The third-order valence-corrected chi connectivity index (χ3v) is 3.31. The molecule has 1 aliphatic rings. The zero-order valence-corrected chi connectivity index (χ0v) is 9.66. The first-order valence-electron chi connectivity index (χ1n) is 5.73. The third-order valence-electron chi connectivity index (χ3n) is 3.31. The van der Waals surface area contributed by atoms with Crippen LogP contribution in [0.2, 0.25) is 0 Å². The average Bonchev–Trinajstić information content (AvgIpc) is 2.17. The van der Waals surface area contributed by atoms with Crippen LogP contribution in [0.1, 0.15) is 39.5 Å². The molecule has 0 bridgehead atoms. The van der Waals surface area contributed by atoms with Crippen molar-refractivity contribution in [2.75, 3.05) is 13.6 Å². The van der Waals surface area contributed by atoms with Gasteiger partial charge in [0.05, 0.1) is 12.0 Å². The molecule has 0 amide bonds. The summed E-state index contributed by atoms with van der Waals surface area (Å²) in [5.74, 6) is 1.03. The summed E-state index contributed by atoms with van der Waals surface area (Å²) >= 11 is 0. The second-order valence-corrected chi connectivity index (χ2v) is 4.90. The van der Waals surface area contributed by atoms with E-state index in [0.717, 1.165) is 18.5 Å². The molecule has 0 saturated heterocycles. The molecule has 2 heteroatoms. The van der Waals surface area contributed by atoms with Gasteiger partial charge in [-0.3, -0.25) is 0 Å². The van der Waals surface area contributed by atoms with Crippen LogP contribution in [-0.2, 0) is 0 Å². The van der Waals surface area contributed by atoms with Crippen LogP contribution in [0.25, 0.3) is 0 Å². The minimum Gasteiger partial charge on any atom is -0.302 e. The van der Waals surface area contributed by atoms with E-state index in [1.165, 1.54) is 25.7 Å². The molecule has 14 heavy (non-hydrogen) atoms. The van der Waals surface area contributed by atoms with E-state index in [1.54, 1.807) is 0 Å². The van der Waals surface area contributed by atoms with Crippen molar-refractivity contribution in [3.05, 3.63) is 0 Å². The maximum Gasteiger partial charge on any atom is 0.0666 e. The molecule has 0 aliphatic heterocycles. The fourth-order valence-electron chi connectivity index (χ4n) is 2.42. The first-order valence-corrected chi connectivity index (χ1v) is 5.73. The lowest BCUT2D eigenvalue weighted by molar-refractivity contribution is 0.155. The maximum atomic E-state index is 8.76. The van der Waals surface area contributed by atoms with E-state index in [9.17, 15) is 0 Å². The molecular weight excluding hydrogens is 172 g/mol. The van der Waals surface area contributed by atoms with Gasteiger partial charge < -0.3 is 4.90 Å². The first-order chi connectivity index (χ1) is 6.63. The summed E-state index contributed by atoms with van der Waals surface area (Å²) in [6.07, 6.45) is 5.38. The Kier molecular flexibility index (Phi) is 4.41. The Balaban J connectivity index is 2.36. The fourth-order valence-corrected chi connectivity index (χ4v) is 2.42. The highest BCUT2D eigenvalue weighted by Crippen LogP contribution is 2.26. The predicted octanol–water partition coefficient (Wildman–Crippen LogP) is 2.66. The minimum absolute atomic E-state index is 0.164. The van der Waals surface area contributed by atoms with Gasteiger partial charge >= 0.3 is 0 Å². The van der Waals surface area contributed by atoms with E-state index in [0.29, 0.717) is 0 Å². The molecule has 0 heterocycles. The van der Waals surface area contributed by atoms with Gasteiger partial charge in [-0.1, -0.05) is 19.8 Å². The highest BCUT2D eigenvalue weighted by Gasteiger charge is 2.22. The van der Waals surface area contributed by atoms with Crippen LogP contribution in [0.4, 0.5) is 0 Å². The molecule has 0 N–H and O–H groups in total. The van der Waals surface area contributed by atoms with Crippen LogP contribution < -0.4 is 0 Å². The van der Waals surface area contributed by atoms with Crippen LogP contribution in [0.5, 0.6) is 0 Å². The Bertz CT molecular complexity index is 207. The summed E-state index contributed by atoms with van der Waals surface area (Å²) in [5.41, 5.74) is 0. The Hall–Kier alpha value is -0.550. The van der Waals surface area contributed by atoms with E-state index in [1.807, 2.05) is 6.92 Å². The van der Waals surface area contributed by atoms with Gasteiger partial charge in [0.1, 0.15) is 0 Å². The van der Waals surface area contributed by atoms with E-state index in [2.05, 4.69) is 24.9 Å². The lowest BCUT2D eigenvalue weighted by Crippen LogP contribution is -2.37. The second kappa shape index (κ2) is 5.36. The second-order valence-electron chi connectivity index (χ2n) is 4.90. The molecular formula is C12H22N2. The SMILES string of the molecule is CC(C#N)CN(C)C1CCCC(C)C1. The Morgan fingerprint density at radius 2 is 2.21 bits per heavy atom. The summed E-state index contributed by atoms with van der Waals surface area (Å²) in [7, 11) is 2.16. The molecule has 0 spiro atoms. The van der Waals surface area contributed by atoms with Crippen LogP contribution in [0, 0.1) is 23.2 Å². The molecule has 0 aromatic rings. The Labute approximate surface area is 87.9 Å². The van der Waals surface area contributed by atoms with E-state index in [4.69, 9.17) is 5.26 Å². The number of nitriles is 1. The molecule has 1 rings (SSSR count). The number of hydrogen-bond donors (Lipinski definition) is 0. The van der Waals surface area contributed by atoms with Gasteiger partial charge in [-0.05, 0) is 32.7 Å². The van der Waals surface area contributed by atoms with Gasteiger partial charge in [0, 0.05) is 12.6 Å². The van der Waals surface area contributed by atoms with E-state index < -0.39 is 0 Å². The van der Waals surface area contributed by atoms with E-state index >= 15 is 0 Å². The molecule has 1 aliphatic carbocycles. The molecule has 3 unspecified atom stereocenters. The van der Waals surface area contributed by atoms with Crippen LogP contribution in [0.3, 0.4) is 0 Å². The highest BCUT2D eigenvalue weighted by molar-refractivity contribution is 4.84. The zero-order chi connectivity index (χ0) is 10.6. The molecule has 80 valence electrons. The minimum atomic E-state index is 0.164. The molecule has 1 fully saturated rings. The molecule has 0 aromatic carbocycles. The molecule has 0 aromatic heterocycles. The molecule has 1 saturated carbocycles. The van der Waals surface area contributed by atoms with Gasteiger partial charge in [-0.2, -0.15) is 5.26 Å². The maximum absolute atomic E-state index is 8.76. The van der Waals surface area contributed by atoms with Crippen molar-refractivity contribution in [3.8, 4) is 6.07 Å². The zero-order valence-electron chi connectivity index (χ0n) is 9.66. The summed E-state index contributed by atoms with van der Waals surface area (Å²) in [5, 5.41) is 8.76. The van der Waals surface area contributed by atoms with Crippen molar-refractivity contribution in [2.24, 2.45) is 11.8 Å². The van der Waals surface area contributed by atoms with Crippen molar-refractivity contribution < 1.29 is 0 Å². The van der Waals surface area contributed by atoms with Gasteiger partial charge in [-0.15, -0.1) is 0 Å². The third kappa shape index (κ3) is 3.31. The summed E-state index contributed by atoms with van der Waals surface area (Å²) < 4.78 is 0. The smallest absolute Gasteiger partial charge is 0.0666 e. The standard InChI is InChI=1S/C12H22N2/c1-10-5-4-6-12(7-10)14(3)9-11(2)8-13/h10-12H,4-7,9H2,1-3H3. The van der Waals surface area contributed by atoms with Crippen molar-refractivity contribution in [1.82, 2.24) is 4.90 Å². The van der Waals surface area contributed by atoms with Gasteiger partial charge in [0.15, 0.2) is 0 Å². The summed E-state index contributed by atoms with van der Waals surface area (Å²) in [6, 6.07) is 3.02. The number of rotatable bonds is 3. The lowest BCUT2D eigenvalue weighted by Gasteiger charge is -2.34. The highest BCUT2D eigenvalue weighted by atomic mass is 15.1. The number of hydrogen-bond acceptors (Lipinski definition) is 2. The average molecular weight is 194 g/mol. The molecule has 2 nitrogen and oxygen atoms in total. The van der Waals surface area contributed by atoms with Crippen molar-refractivity contribution >= 4 is 0 Å². The largest absolute Gasteiger partial charge is 0.302 e. The fraction of sp³-hybridized carbons (Fsp3) is 0.917. The van der Waals surface area contributed by atoms with Crippen LogP contribution in [-0.4, -0.2) is 24.5 Å². The van der Waals surface area contributed by atoms with Gasteiger partial charge in [0.2, 0.25) is 0 Å². The number of nitrogens with zero attached hydrogens (tertiary/aromatic N) is 2. The van der Waals surface area contributed by atoms with Crippen LogP contribution in [0.15, 0.2) is 0 Å². The molecule has 3 atom stereocenters. The topological polar surface area (TPSA) is 27.0 Å². The van der Waals surface area contributed by atoms with Gasteiger partial charge in [0.25, 0.3) is 0 Å². The predicted molar refractivity (Wildman–Crippen MR) is 58.8 cm³/mol. The Morgan fingerprint density at radius 1 is 1.50 bits per heavy atom. The van der Waals surface area contributed by atoms with E-state index in [-0.39, 0.29) is 5.92 Å². The lowest BCUT2D eigenvalue weighted by atomic mass is 9.86. The van der Waals surface area contributed by atoms with Crippen LogP contribution >= 0.6 is 0 Å². The first kappa shape index (κ1) is 11.5. The monoisotopic (exact) mass is 194 g/mol. The quantitative estimate of drug-likeness (QED) is 0.690. The Morgan fingerprint density at radius 3 is 2.79 bits per heavy atom.